The first-order chi connectivity index (χ1) is 12.9. The fourth-order valence-electron chi connectivity index (χ4n) is 4.96. The van der Waals surface area contributed by atoms with Gasteiger partial charge in [-0.3, -0.25) is 9.59 Å². The molecule has 2 atom stereocenters. The molecule has 1 saturated heterocycles. The van der Waals surface area contributed by atoms with Crippen LogP contribution in [-0.2, 0) is 16.1 Å². The summed E-state index contributed by atoms with van der Waals surface area (Å²) in [6.45, 7) is 5.81. The minimum atomic E-state index is -0.382. The van der Waals surface area contributed by atoms with E-state index in [1.807, 2.05) is 30.1 Å². The number of benzene rings is 1. The topological polar surface area (TPSA) is 40.6 Å². The van der Waals surface area contributed by atoms with E-state index in [1.54, 1.807) is 0 Å². The van der Waals surface area contributed by atoms with E-state index in [1.165, 1.54) is 0 Å². The molecule has 0 unspecified atom stereocenters. The first-order valence-corrected chi connectivity index (χ1v) is 10.5. The Kier molecular flexibility index (Phi) is 6.23. The molecule has 4 heteroatoms. The molecule has 3 rings (SSSR count). The minimum absolute atomic E-state index is 0.0805. The zero-order valence-electron chi connectivity index (χ0n) is 17.1. The van der Waals surface area contributed by atoms with Crippen molar-refractivity contribution in [3.05, 3.63) is 35.9 Å². The van der Waals surface area contributed by atoms with Crippen LogP contribution in [0.1, 0.15) is 64.4 Å². The third kappa shape index (κ3) is 4.20. The van der Waals surface area contributed by atoms with E-state index >= 15 is 0 Å². The number of nitrogens with zero attached hydrogens (tertiary/aromatic N) is 2. The number of hydrogen-bond donors (Lipinski definition) is 0. The van der Waals surface area contributed by atoms with Crippen molar-refractivity contribution in [3.8, 4) is 0 Å². The molecule has 0 bridgehead atoms. The van der Waals surface area contributed by atoms with Gasteiger partial charge in [0.2, 0.25) is 11.8 Å². The van der Waals surface area contributed by atoms with Gasteiger partial charge in [-0.15, -0.1) is 0 Å². The molecule has 1 aliphatic heterocycles. The number of likely N-dealkylation sites (tertiary alicyclic amines) is 1. The number of carbonyl (C=O) groups excluding carboxylic acids is 2. The predicted molar refractivity (Wildman–Crippen MR) is 108 cm³/mol. The molecular weight excluding hydrogens is 336 g/mol. The van der Waals surface area contributed by atoms with Crippen LogP contribution in [-0.4, -0.2) is 41.2 Å². The quantitative estimate of drug-likeness (QED) is 0.751. The third-order valence-electron chi connectivity index (χ3n) is 6.45. The Morgan fingerprint density at radius 2 is 1.96 bits per heavy atom. The molecule has 1 aromatic carbocycles. The van der Waals surface area contributed by atoms with E-state index in [0.717, 1.165) is 44.2 Å². The molecule has 1 aromatic rings. The van der Waals surface area contributed by atoms with Crippen molar-refractivity contribution in [2.75, 3.05) is 13.6 Å². The van der Waals surface area contributed by atoms with Crippen LogP contribution in [0.15, 0.2) is 30.3 Å². The molecule has 1 aliphatic carbocycles. The lowest BCUT2D eigenvalue weighted by Gasteiger charge is -2.52. The molecule has 1 heterocycles. The number of amides is 2. The maximum atomic E-state index is 13.6. The Morgan fingerprint density at radius 1 is 1.22 bits per heavy atom. The predicted octanol–water partition coefficient (Wildman–Crippen LogP) is 4.24. The van der Waals surface area contributed by atoms with Gasteiger partial charge in [0, 0.05) is 32.6 Å². The first kappa shape index (κ1) is 19.9. The van der Waals surface area contributed by atoms with E-state index in [4.69, 9.17) is 0 Å². The largest absolute Gasteiger partial charge is 0.341 e. The Labute approximate surface area is 163 Å². The molecule has 0 aromatic heterocycles. The summed E-state index contributed by atoms with van der Waals surface area (Å²) in [5.41, 5.74) is 0.771. The van der Waals surface area contributed by atoms with Crippen LogP contribution in [0.4, 0.5) is 0 Å². The van der Waals surface area contributed by atoms with Gasteiger partial charge in [-0.2, -0.15) is 0 Å². The maximum absolute atomic E-state index is 13.6. The second-order valence-corrected chi connectivity index (χ2v) is 8.83. The molecule has 1 saturated carbocycles. The summed E-state index contributed by atoms with van der Waals surface area (Å²) < 4.78 is 0. The van der Waals surface area contributed by atoms with Gasteiger partial charge < -0.3 is 9.80 Å². The smallest absolute Gasteiger partial charge is 0.230 e. The highest BCUT2D eigenvalue weighted by Crippen LogP contribution is 2.47. The Hall–Kier alpha value is -1.84. The summed E-state index contributed by atoms with van der Waals surface area (Å²) in [5, 5.41) is 0. The van der Waals surface area contributed by atoms with Crippen molar-refractivity contribution < 1.29 is 9.59 Å². The van der Waals surface area contributed by atoms with Gasteiger partial charge in [0.05, 0.1) is 5.41 Å². The molecule has 4 nitrogen and oxygen atoms in total. The first-order valence-electron chi connectivity index (χ1n) is 10.5. The molecule has 27 heavy (non-hydrogen) atoms. The van der Waals surface area contributed by atoms with Crippen molar-refractivity contribution >= 4 is 11.8 Å². The van der Waals surface area contributed by atoms with E-state index < -0.39 is 0 Å². The fourth-order valence-corrected chi connectivity index (χ4v) is 4.96. The summed E-state index contributed by atoms with van der Waals surface area (Å²) in [4.78, 5) is 30.3. The molecular formula is C23H34N2O2. The van der Waals surface area contributed by atoms with Gasteiger partial charge >= 0.3 is 0 Å². The van der Waals surface area contributed by atoms with Crippen molar-refractivity contribution in [1.29, 1.82) is 0 Å². The molecule has 0 radical (unpaired) electrons. The van der Waals surface area contributed by atoms with Crippen LogP contribution in [0.2, 0.25) is 0 Å². The minimum Gasteiger partial charge on any atom is -0.341 e. The van der Waals surface area contributed by atoms with Crippen LogP contribution in [0.25, 0.3) is 0 Å². The third-order valence-corrected chi connectivity index (χ3v) is 6.45. The molecule has 0 spiro atoms. The summed E-state index contributed by atoms with van der Waals surface area (Å²) in [7, 11) is 1.92. The normalized spacial score (nSPS) is 25.4. The van der Waals surface area contributed by atoms with E-state index in [9.17, 15) is 9.59 Å². The van der Waals surface area contributed by atoms with Gasteiger partial charge in [-0.1, -0.05) is 57.0 Å². The number of carbonyl (C=O) groups is 2. The SMILES string of the molecule is CC(C)CCN1C(=O)CC[C@]2(C(=O)N(C)Cc3ccccc3)CCCC[C@@H]12. The lowest BCUT2D eigenvalue weighted by molar-refractivity contribution is -0.161. The van der Waals surface area contributed by atoms with E-state index in [0.29, 0.717) is 25.3 Å². The van der Waals surface area contributed by atoms with Crippen LogP contribution in [0.3, 0.4) is 0 Å². The lowest BCUT2D eigenvalue weighted by Crippen LogP contribution is -2.61. The summed E-state index contributed by atoms with van der Waals surface area (Å²) in [6, 6.07) is 10.3. The summed E-state index contributed by atoms with van der Waals surface area (Å²) >= 11 is 0. The monoisotopic (exact) mass is 370 g/mol. The van der Waals surface area contributed by atoms with Gasteiger partial charge in [0.15, 0.2) is 0 Å². The second kappa shape index (κ2) is 8.45. The van der Waals surface area contributed by atoms with Crippen molar-refractivity contribution in [3.63, 3.8) is 0 Å². The molecule has 2 fully saturated rings. The van der Waals surface area contributed by atoms with Crippen molar-refractivity contribution in [2.24, 2.45) is 11.3 Å². The zero-order valence-corrected chi connectivity index (χ0v) is 17.1. The van der Waals surface area contributed by atoms with Gasteiger partial charge in [-0.05, 0) is 37.2 Å². The molecule has 2 aliphatic rings. The lowest BCUT2D eigenvalue weighted by atomic mass is 9.64. The number of fused-ring (bicyclic) bond motifs is 1. The van der Waals surface area contributed by atoms with Crippen LogP contribution >= 0.6 is 0 Å². The Bertz CT molecular complexity index is 658. The average molecular weight is 371 g/mol. The summed E-state index contributed by atoms with van der Waals surface area (Å²) in [6.07, 6.45) is 6.33. The average Bonchev–Trinajstić information content (AvgIpc) is 2.67. The maximum Gasteiger partial charge on any atom is 0.230 e. The van der Waals surface area contributed by atoms with Crippen molar-refractivity contribution in [1.82, 2.24) is 9.80 Å². The standard InChI is InChI=1S/C23H34N2O2/c1-18(2)13-16-25-20-11-7-8-14-23(20,15-12-21(25)26)22(27)24(3)17-19-9-5-4-6-10-19/h4-6,9-10,18,20H,7-8,11-17H2,1-3H3/t20-,23-/m1/s1. The highest BCUT2D eigenvalue weighted by atomic mass is 16.2. The Balaban J connectivity index is 1.81. The van der Waals surface area contributed by atoms with Gasteiger partial charge in [0.1, 0.15) is 0 Å². The molecule has 148 valence electrons. The van der Waals surface area contributed by atoms with Crippen LogP contribution in [0, 0.1) is 11.3 Å². The van der Waals surface area contributed by atoms with Crippen LogP contribution in [0.5, 0.6) is 0 Å². The summed E-state index contributed by atoms with van der Waals surface area (Å²) in [5.74, 6) is 1.05. The number of rotatable bonds is 6. The second-order valence-electron chi connectivity index (χ2n) is 8.83. The van der Waals surface area contributed by atoms with Crippen LogP contribution < -0.4 is 0 Å². The van der Waals surface area contributed by atoms with E-state index in [2.05, 4.69) is 30.9 Å². The highest BCUT2D eigenvalue weighted by molar-refractivity contribution is 5.88. The fraction of sp³-hybridized carbons (Fsp3) is 0.652. The van der Waals surface area contributed by atoms with Gasteiger partial charge in [-0.25, -0.2) is 0 Å². The molecule has 0 N–H and O–H groups in total. The van der Waals surface area contributed by atoms with Gasteiger partial charge in [0.25, 0.3) is 0 Å². The van der Waals surface area contributed by atoms with Crippen molar-refractivity contribution in [2.45, 2.75) is 71.4 Å². The number of hydrogen-bond acceptors (Lipinski definition) is 2. The highest BCUT2D eigenvalue weighted by Gasteiger charge is 2.53. The Morgan fingerprint density at radius 3 is 2.67 bits per heavy atom. The zero-order chi connectivity index (χ0) is 19.4. The molecule has 2 amide bonds. The number of piperidine rings is 1. The van der Waals surface area contributed by atoms with E-state index in [-0.39, 0.29) is 23.3 Å².